The Hall–Kier alpha value is -0.660. The zero-order valence-electron chi connectivity index (χ0n) is 11.5. The molecule has 8 heteroatoms. The van der Waals surface area contributed by atoms with Gasteiger partial charge in [0.2, 0.25) is 0 Å². The van der Waals surface area contributed by atoms with Crippen molar-refractivity contribution in [3.63, 3.8) is 0 Å². The molecule has 0 bridgehead atoms. The fourth-order valence-corrected chi connectivity index (χ4v) is 3.68. The molecule has 0 amide bonds. The Bertz CT molecular complexity index is 613. The van der Waals surface area contributed by atoms with E-state index in [4.69, 9.17) is 27.9 Å². The van der Waals surface area contributed by atoms with E-state index in [0.29, 0.717) is 21.8 Å². The Kier molecular flexibility index (Phi) is 4.81. The summed E-state index contributed by atoms with van der Waals surface area (Å²) >= 11 is 13.6. The van der Waals surface area contributed by atoms with Gasteiger partial charge in [-0.05, 0) is 19.4 Å². The lowest BCUT2D eigenvalue weighted by molar-refractivity contribution is 0.0731. The Labute approximate surface area is 137 Å². The number of benzene rings is 1. The van der Waals surface area contributed by atoms with Crippen molar-refractivity contribution in [1.29, 1.82) is 0 Å². The summed E-state index contributed by atoms with van der Waals surface area (Å²) in [7, 11) is 0. The molecule has 1 saturated heterocycles. The van der Waals surface area contributed by atoms with E-state index in [0.717, 1.165) is 48.9 Å². The molecular weight excluding hydrogens is 331 g/mol. The van der Waals surface area contributed by atoms with Gasteiger partial charge in [0.05, 0.1) is 40.3 Å². The van der Waals surface area contributed by atoms with Crippen LogP contribution in [0.5, 0.6) is 0 Å². The molecule has 0 spiro atoms. The van der Waals surface area contributed by atoms with E-state index in [9.17, 15) is 0 Å². The van der Waals surface area contributed by atoms with Crippen molar-refractivity contribution in [2.24, 2.45) is 8.73 Å². The zero-order chi connectivity index (χ0) is 14.8. The van der Waals surface area contributed by atoms with Gasteiger partial charge in [0, 0.05) is 18.6 Å². The van der Waals surface area contributed by atoms with Crippen LogP contribution in [-0.4, -0.2) is 31.8 Å². The maximum absolute atomic E-state index is 6.30. The van der Waals surface area contributed by atoms with Crippen LogP contribution in [0.1, 0.15) is 13.3 Å². The van der Waals surface area contributed by atoms with Gasteiger partial charge in [0.1, 0.15) is 11.4 Å². The lowest BCUT2D eigenvalue weighted by Gasteiger charge is -2.27. The van der Waals surface area contributed by atoms with Crippen LogP contribution in [0.15, 0.2) is 14.8 Å². The third-order valence-electron chi connectivity index (χ3n) is 3.47. The van der Waals surface area contributed by atoms with Gasteiger partial charge in [0.15, 0.2) is 0 Å². The average molecular weight is 347 g/mol. The fourth-order valence-electron chi connectivity index (χ4n) is 2.51. The highest BCUT2D eigenvalue weighted by atomic mass is 35.5. The predicted octanol–water partition coefficient (Wildman–Crippen LogP) is 3.90. The van der Waals surface area contributed by atoms with E-state index in [1.165, 1.54) is 0 Å². The monoisotopic (exact) mass is 346 g/mol. The molecule has 114 valence electrons. The normalized spacial score (nSPS) is 21.8. The summed E-state index contributed by atoms with van der Waals surface area (Å²) in [5, 5.41) is 7.98. The zero-order valence-corrected chi connectivity index (χ0v) is 13.9. The summed E-state index contributed by atoms with van der Waals surface area (Å²) in [5.74, 6) is 0. The van der Waals surface area contributed by atoms with Crippen LogP contribution in [0.2, 0.25) is 10.0 Å². The molecule has 0 aromatic heterocycles. The second-order valence-electron chi connectivity index (χ2n) is 5.18. The standard InChI is InChI=1S/C13H16Cl2N4OS/c1-7(4-8-6-20-3-2-16-8)17-11-9(14)5-10(15)12-13(11)19-21-18-12/h5,7-8,16-17H,2-4,6H2,1H3. The minimum atomic E-state index is 0.229. The van der Waals surface area contributed by atoms with Crippen molar-refractivity contribution in [1.82, 2.24) is 5.32 Å². The van der Waals surface area contributed by atoms with E-state index in [-0.39, 0.29) is 6.04 Å². The van der Waals surface area contributed by atoms with Crippen LogP contribution < -0.4 is 10.6 Å². The molecule has 3 rings (SSSR count). The molecule has 1 aromatic carbocycles. The molecule has 0 radical (unpaired) electrons. The first-order valence-corrected chi connectivity index (χ1v) is 8.31. The highest BCUT2D eigenvalue weighted by Gasteiger charge is 2.22. The van der Waals surface area contributed by atoms with Crippen LogP contribution in [0.4, 0.5) is 17.1 Å². The SMILES string of the molecule is CC(CC1COCCN1)Nc1c(Cl)cc(Cl)c2c1N=S=N2. The maximum atomic E-state index is 6.30. The molecule has 2 unspecified atom stereocenters. The topological polar surface area (TPSA) is 58.0 Å². The van der Waals surface area contributed by atoms with Crippen molar-refractivity contribution >= 4 is 51.6 Å². The Morgan fingerprint density at radius 3 is 3.00 bits per heavy atom. The summed E-state index contributed by atoms with van der Waals surface area (Å²) in [5.41, 5.74) is 2.23. The molecule has 2 aliphatic rings. The summed E-state index contributed by atoms with van der Waals surface area (Å²) in [6, 6.07) is 2.30. The van der Waals surface area contributed by atoms with E-state index >= 15 is 0 Å². The highest BCUT2D eigenvalue weighted by molar-refractivity contribution is 7.58. The van der Waals surface area contributed by atoms with Gasteiger partial charge in [-0.2, -0.15) is 8.73 Å². The van der Waals surface area contributed by atoms with Gasteiger partial charge >= 0.3 is 0 Å². The first-order valence-electron chi connectivity index (χ1n) is 6.83. The van der Waals surface area contributed by atoms with E-state index < -0.39 is 0 Å². The number of hydrogen-bond acceptors (Lipinski definition) is 5. The third-order valence-corrected chi connectivity index (χ3v) is 4.59. The molecule has 2 aliphatic heterocycles. The number of morpholine rings is 1. The molecular formula is C13H16Cl2N4OS. The number of nitrogens with one attached hydrogen (secondary N) is 2. The molecule has 0 aliphatic carbocycles. The number of fused-ring (bicyclic) bond motifs is 1. The second-order valence-corrected chi connectivity index (χ2v) is 6.53. The lowest BCUT2D eigenvalue weighted by atomic mass is 10.1. The Morgan fingerprint density at radius 2 is 2.24 bits per heavy atom. The Morgan fingerprint density at radius 1 is 1.43 bits per heavy atom. The number of hydrogen-bond donors (Lipinski definition) is 2. The van der Waals surface area contributed by atoms with Gasteiger partial charge in [-0.1, -0.05) is 23.2 Å². The van der Waals surface area contributed by atoms with E-state index in [1.807, 2.05) is 0 Å². The smallest absolute Gasteiger partial charge is 0.130 e. The maximum Gasteiger partial charge on any atom is 0.130 e. The van der Waals surface area contributed by atoms with Crippen LogP contribution in [0, 0.1) is 0 Å². The van der Waals surface area contributed by atoms with Crippen LogP contribution in [0.3, 0.4) is 0 Å². The molecule has 2 N–H and O–H groups in total. The molecule has 1 fully saturated rings. The van der Waals surface area contributed by atoms with Crippen LogP contribution >= 0.6 is 23.2 Å². The molecule has 2 heterocycles. The number of rotatable bonds is 4. The van der Waals surface area contributed by atoms with Gasteiger partial charge < -0.3 is 15.4 Å². The van der Waals surface area contributed by atoms with Crippen molar-refractivity contribution in [2.45, 2.75) is 25.4 Å². The minimum absolute atomic E-state index is 0.229. The van der Waals surface area contributed by atoms with Crippen molar-refractivity contribution < 1.29 is 4.74 Å². The number of ether oxygens (including phenoxy) is 1. The average Bonchev–Trinajstić information content (AvgIpc) is 2.94. The van der Waals surface area contributed by atoms with Gasteiger partial charge in [-0.3, -0.25) is 0 Å². The highest BCUT2D eigenvalue weighted by Crippen LogP contribution is 2.47. The van der Waals surface area contributed by atoms with Gasteiger partial charge in [0.25, 0.3) is 0 Å². The molecule has 5 nitrogen and oxygen atoms in total. The predicted molar refractivity (Wildman–Crippen MR) is 88.3 cm³/mol. The number of anilines is 1. The van der Waals surface area contributed by atoms with Gasteiger partial charge in [-0.15, -0.1) is 0 Å². The van der Waals surface area contributed by atoms with Crippen molar-refractivity contribution in [3.8, 4) is 0 Å². The van der Waals surface area contributed by atoms with Crippen LogP contribution in [0.25, 0.3) is 0 Å². The molecule has 0 saturated carbocycles. The third kappa shape index (κ3) is 3.40. The van der Waals surface area contributed by atoms with E-state index in [2.05, 4.69) is 26.3 Å². The second kappa shape index (κ2) is 6.62. The van der Waals surface area contributed by atoms with Crippen molar-refractivity contribution in [2.75, 3.05) is 25.1 Å². The number of halogens is 2. The quantitative estimate of drug-likeness (QED) is 0.882. The summed E-state index contributed by atoms with van der Waals surface area (Å²) in [6.07, 6.45) is 0.942. The minimum Gasteiger partial charge on any atom is -0.379 e. The first kappa shape index (κ1) is 15.2. The van der Waals surface area contributed by atoms with Crippen molar-refractivity contribution in [3.05, 3.63) is 16.1 Å². The summed E-state index contributed by atoms with van der Waals surface area (Å²) in [6.45, 7) is 4.55. The van der Waals surface area contributed by atoms with E-state index in [1.54, 1.807) is 6.07 Å². The lowest BCUT2D eigenvalue weighted by Crippen LogP contribution is -2.43. The Balaban J connectivity index is 1.73. The first-order chi connectivity index (χ1) is 10.1. The number of nitrogens with zero attached hydrogens (tertiary/aromatic N) is 2. The summed E-state index contributed by atoms with van der Waals surface area (Å²) < 4.78 is 14.0. The van der Waals surface area contributed by atoms with Gasteiger partial charge in [-0.25, -0.2) is 0 Å². The van der Waals surface area contributed by atoms with Crippen LogP contribution in [-0.2, 0) is 16.1 Å². The fraction of sp³-hybridized carbons (Fsp3) is 0.538. The molecule has 21 heavy (non-hydrogen) atoms. The molecule has 1 aromatic rings. The largest absolute Gasteiger partial charge is 0.379 e. The molecule has 2 atom stereocenters. The summed E-state index contributed by atoms with van der Waals surface area (Å²) in [4.78, 5) is 0.